The van der Waals surface area contributed by atoms with Gasteiger partial charge in [-0.2, -0.15) is 0 Å². The van der Waals surface area contributed by atoms with E-state index in [4.69, 9.17) is 4.74 Å². The van der Waals surface area contributed by atoms with Crippen molar-refractivity contribution >= 4 is 17.3 Å². The average Bonchev–Trinajstić information content (AvgIpc) is 3.30. The van der Waals surface area contributed by atoms with Crippen molar-refractivity contribution in [3.63, 3.8) is 0 Å². The first-order chi connectivity index (χ1) is 14.5. The van der Waals surface area contributed by atoms with Crippen LogP contribution in [0.5, 0.6) is 0 Å². The Kier molecular flexibility index (Phi) is 6.83. The Labute approximate surface area is 206 Å². The number of likely N-dealkylation sites (tertiary alicyclic amines) is 1. The highest BCUT2D eigenvalue weighted by atomic mass is 127. The number of aliphatic hydroxyl groups is 1. The predicted molar refractivity (Wildman–Crippen MR) is 118 cm³/mol. The van der Waals surface area contributed by atoms with Crippen LogP contribution >= 0.6 is 11.3 Å². The molecule has 2 heterocycles. The largest absolute Gasteiger partial charge is 1.00 e. The minimum atomic E-state index is -1.47. The molecular weight excluding hydrogens is 521 g/mol. The molecule has 6 heteroatoms. The second-order valence-electron chi connectivity index (χ2n) is 9.94. The van der Waals surface area contributed by atoms with E-state index >= 15 is 0 Å². The third kappa shape index (κ3) is 4.45. The molecule has 2 aromatic rings. The topological polar surface area (TPSA) is 46.5 Å². The van der Waals surface area contributed by atoms with Crippen LogP contribution in [-0.2, 0) is 21.7 Å². The van der Waals surface area contributed by atoms with E-state index < -0.39 is 11.6 Å². The molecule has 0 bridgehead atoms. The molecule has 5 rings (SSSR count). The molecule has 1 N–H and O–H groups in total. The van der Waals surface area contributed by atoms with Crippen LogP contribution in [0.1, 0.15) is 36.1 Å². The first kappa shape index (κ1) is 23.2. The van der Waals surface area contributed by atoms with Gasteiger partial charge in [0.15, 0.2) is 5.60 Å². The van der Waals surface area contributed by atoms with Gasteiger partial charge in [-0.25, -0.2) is 4.79 Å². The molecule has 31 heavy (non-hydrogen) atoms. The molecule has 168 valence electrons. The maximum absolute atomic E-state index is 13.1. The lowest BCUT2D eigenvalue weighted by Crippen LogP contribution is -3.00. The summed E-state index contributed by atoms with van der Waals surface area (Å²) in [6.45, 7) is 3.83. The highest BCUT2D eigenvalue weighted by Crippen LogP contribution is 2.54. The zero-order valence-corrected chi connectivity index (χ0v) is 21.1. The van der Waals surface area contributed by atoms with Crippen LogP contribution in [0, 0.1) is 23.7 Å². The Morgan fingerprint density at radius 1 is 1.13 bits per heavy atom. The quantitative estimate of drug-likeness (QED) is 0.319. The normalized spacial score (nSPS) is 31.5. The number of nitrogens with zero attached hydrogens (tertiary/aromatic N) is 1. The maximum Gasteiger partial charge on any atom is 0.344 e. The number of rotatable bonds is 7. The van der Waals surface area contributed by atoms with Gasteiger partial charge in [-0.3, -0.25) is 0 Å². The fourth-order valence-electron chi connectivity index (χ4n) is 6.15. The minimum Gasteiger partial charge on any atom is -1.00 e. The number of fused-ring (bicyclic) bond motifs is 1. The fraction of sp³-hybridized carbons (Fsp3) is 0.560. The molecule has 2 saturated carbocycles. The number of quaternary nitrogens is 1. The summed E-state index contributed by atoms with van der Waals surface area (Å²) in [5.74, 6) is 1.31. The van der Waals surface area contributed by atoms with Crippen molar-refractivity contribution in [2.24, 2.45) is 23.7 Å². The Bertz CT molecular complexity index is 871. The van der Waals surface area contributed by atoms with Gasteiger partial charge in [0.1, 0.15) is 6.54 Å². The monoisotopic (exact) mass is 553 g/mol. The number of hydrogen-bond acceptors (Lipinski definition) is 4. The van der Waals surface area contributed by atoms with Crippen LogP contribution in [0.2, 0.25) is 0 Å². The summed E-state index contributed by atoms with van der Waals surface area (Å²) in [4.78, 5) is 13.8. The summed E-state index contributed by atoms with van der Waals surface area (Å²) in [6.07, 6.45) is 3.95. The zero-order valence-electron chi connectivity index (χ0n) is 18.1. The van der Waals surface area contributed by atoms with Crippen LogP contribution in [0.15, 0.2) is 47.8 Å². The molecule has 1 aromatic carbocycles. The molecule has 3 unspecified atom stereocenters. The van der Waals surface area contributed by atoms with E-state index in [1.807, 2.05) is 17.5 Å². The number of piperidine rings is 1. The van der Waals surface area contributed by atoms with Gasteiger partial charge in [0.05, 0.1) is 26.7 Å². The van der Waals surface area contributed by atoms with Crippen molar-refractivity contribution in [1.29, 1.82) is 0 Å². The van der Waals surface area contributed by atoms with Crippen molar-refractivity contribution in [3.8, 4) is 0 Å². The lowest BCUT2D eigenvalue weighted by atomic mass is 9.84. The summed E-state index contributed by atoms with van der Waals surface area (Å²) in [7, 11) is 2.35. The predicted octanol–water partition coefficient (Wildman–Crippen LogP) is 1.20. The van der Waals surface area contributed by atoms with Crippen LogP contribution in [0.3, 0.4) is 0 Å². The van der Waals surface area contributed by atoms with Gasteiger partial charge >= 0.3 is 5.97 Å². The van der Waals surface area contributed by atoms with Crippen LogP contribution in [0.25, 0.3) is 0 Å². The third-order valence-electron chi connectivity index (χ3n) is 7.78. The van der Waals surface area contributed by atoms with Gasteiger partial charge in [0.25, 0.3) is 0 Å². The van der Waals surface area contributed by atoms with Crippen molar-refractivity contribution in [2.45, 2.75) is 37.8 Å². The second kappa shape index (κ2) is 9.12. The van der Waals surface area contributed by atoms with Crippen LogP contribution < -0.4 is 24.0 Å². The van der Waals surface area contributed by atoms with Crippen LogP contribution in [-0.4, -0.2) is 42.3 Å². The summed E-state index contributed by atoms with van der Waals surface area (Å²) in [5.41, 5.74) is -0.0751. The molecule has 0 radical (unpaired) electrons. The molecule has 1 aliphatic heterocycles. The highest BCUT2D eigenvalue weighted by Gasteiger charge is 2.62. The number of halogens is 1. The summed E-state index contributed by atoms with van der Waals surface area (Å²) < 4.78 is 6.88. The van der Waals surface area contributed by atoms with Gasteiger partial charge in [0.2, 0.25) is 0 Å². The Balaban J connectivity index is 0.00000231. The number of esters is 1. The molecule has 3 atom stereocenters. The Morgan fingerprint density at radius 2 is 1.81 bits per heavy atom. The molecule has 0 amide bonds. The standard InChI is InChI=1S/C25H32NO3S.HI/c1-26(14-18-8-3-2-4-9-18)15-20-21(16-26)22(20)17-29-24(27)25(28,19-10-5-6-11-19)23-12-7-13-30-23;/h2-4,7-9,12-13,19-22,28H,5-6,10-11,14-17H2,1H3;1H/q+1;/p-1. The number of benzene rings is 1. The smallest absolute Gasteiger partial charge is 0.344 e. The van der Waals surface area contributed by atoms with E-state index in [0.717, 1.165) is 54.7 Å². The van der Waals surface area contributed by atoms with Gasteiger partial charge in [0, 0.05) is 34.1 Å². The average molecular weight is 554 g/mol. The SMILES string of the molecule is C[N+]1(Cc2ccccc2)CC2C(COC(=O)C(O)(c3cccs3)C3CCCC3)C2C1.[I-]. The molecule has 4 nitrogen and oxygen atoms in total. The van der Waals surface area contributed by atoms with Gasteiger partial charge in [-0.05, 0) is 24.3 Å². The van der Waals surface area contributed by atoms with Crippen molar-refractivity contribution < 1.29 is 43.1 Å². The second-order valence-corrected chi connectivity index (χ2v) is 10.9. The molecule has 3 fully saturated rings. The van der Waals surface area contributed by atoms with Crippen molar-refractivity contribution in [2.75, 3.05) is 26.7 Å². The van der Waals surface area contributed by atoms with Crippen molar-refractivity contribution in [3.05, 3.63) is 58.3 Å². The van der Waals surface area contributed by atoms with Gasteiger partial charge < -0.3 is 38.3 Å². The first-order valence-electron chi connectivity index (χ1n) is 11.3. The van der Waals surface area contributed by atoms with E-state index in [-0.39, 0.29) is 29.9 Å². The number of carbonyl (C=O) groups is 1. The summed E-state index contributed by atoms with van der Waals surface area (Å²) in [5, 5.41) is 13.4. The number of carbonyl (C=O) groups excluding carboxylic acids is 1. The van der Waals surface area contributed by atoms with E-state index in [1.165, 1.54) is 16.9 Å². The molecular formula is C25H32INO3S. The number of hydrogen-bond donors (Lipinski definition) is 1. The Morgan fingerprint density at radius 3 is 2.42 bits per heavy atom. The Hall–Kier alpha value is -0.960. The zero-order chi connectivity index (χ0) is 20.8. The lowest BCUT2D eigenvalue weighted by molar-refractivity contribution is -0.916. The summed E-state index contributed by atoms with van der Waals surface area (Å²) >= 11 is 1.46. The minimum absolute atomic E-state index is 0. The molecule has 1 saturated heterocycles. The molecule has 3 aliphatic rings. The fourth-order valence-corrected chi connectivity index (χ4v) is 7.04. The first-order valence-corrected chi connectivity index (χ1v) is 12.2. The highest BCUT2D eigenvalue weighted by molar-refractivity contribution is 7.10. The molecule has 1 aromatic heterocycles. The number of ether oxygens (including phenoxy) is 1. The van der Waals surface area contributed by atoms with E-state index in [2.05, 4.69) is 37.4 Å². The van der Waals surface area contributed by atoms with Crippen LogP contribution in [0.4, 0.5) is 0 Å². The van der Waals surface area contributed by atoms with Crippen molar-refractivity contribution in [1.82, 2.24) is 0 Å². The molecule has 0 spiro atoms. The maximum atomic E-state index is 13.1. The van der Waals surface area contributed by atoms with E-state index in [1.54, 1.807) is 0 Å². The lowest BCUT2D eigenvalue weighted by Gasteiger charge is -2.33. The van der Waals surface area contributed by atoms with Gasteiger partial charge in [-0.1, -0.05) is 49.2 Å². The number of thiophene rings is 1. The molecule has 2 aliphatic carbocycles. The van der Waals surface area contributed by atoms with E-state index in [0.29, 0.717) is 24.4 Å². The third-order valence-corrected chi connectivity index (χ3v) is 8.77. The van der Waals surface area contributed by atoms with Gasteiger partial charge in [-0.15, -0.1) is 11.3 Å². The van der Waals surface area contributed by atoms with E-state index in [9.17, 15) is 9.90 Å². The summed E-state index contributed by atoms with van der Waals surface area (Å²) in [6, 6.07) is 14.5.